The minimum absolute atomic E-state index is 0.238. The van der Waals surface area contributed by atoms with E-state index in [0.717, 1.165) is 16.7 Å². The summed E-state index contributed by atoms with van der Waals surface area (Å²) in [5.41, 5.74) is 7.25. The van der Waals surface area contributed by atoms with Gasteiger partial charge in [0.1, 0.15) is 17.3 Å². The molecule has 0 aliphatic heterocycles. The van der Waals surface area contributed by atoms with Crippen molar-refractivity contribution in [3.05, 3.63) is 47.8 Å². The lowest BCUT2D eigenvalue weighted by atomic mass is 10.1. The summed E-state index contributed by atoms with van der Waals surface area (Å²) in [5.74, 6) is 0.842. The zero-order chi connectivity index (χ0) is 15.0. The molecule has 1 aromatic carbocycles. The Morgan fingerprint density at radius 1 is 1.29 bits per heavy atom. The van der Waals surface area contributed by atoms with Gasteiger partial charge in [0, 0.05) is 12.4 Å². The number of aryl methyl sites for hydroxylation is 1. The van der Waals surface area contributed by atoms with Gasteiger partial charge in [-0.05, 0) is 24.3 Å². The van der Waals surface area contributed by atoms with Crippen LogP contribution in [0.3, 0.4) is 0 Å². The van der Waals surface area contributed by atoms with Gasteiger partial charge in [-0.15, -0.1) is 0 Å². The lowest BCUT2D eigenvalue weighted by Crippen LogP contribution is -2.07. The van der Waals surface area contributed by atoms with E-state index >= 15 is 0 Å². The summed E-state index contributed by atoms with van der Waals surface area (Å²) in [6.45, 7) is 0. The van der Waals surface area contributed by atoms with Crippen molar-refractivity contribution in [1.82, 2.24) is 14.8 Å². The number of hydrogen-bond acceptors (Lipinski definition) is 5. The predicted octanol–water partition coefficient (Wildman–Crippen LogP) is 1.79. The van der Waals surface area contributed by atoms with Crippen LogP contribution in [0.1, 0.15) is 16.1 Å². The van der Waals surface area contributed by atoms with Crippen molar-refractivity contribution < 1.29 is 9.53 Å². The molecular weight excluding hydrogens is 268 g/mol. The summed E-state index contributed by atoms with van der Waals surface area (Å²) in [4.78, 5) is 16.8. The maximum Gasteiger partial charge on any atom is 0.216 e. The first kappa shape index (κ1) is 13.1. The number of nitrogen functional groups attached to an aromatic ring is 1. The lowest BCUT2D eigenvalue weighted by Gasteiger charge is -2.04. The maximum atomic E-state index is 12.4. The average Bonchev–Trinajstić information content (AvgIpc) is 2.85. The topological polar surface area (TPSA) is 83.0 Å². The van der Waals surface area contributed by atoms with Gasteiger partial charge in [0.05, 0.1) is 24.4 Å². The van der Waals surface area contributed by atoms with Crippen LogP contribution in [0, 0.1) is 0 Å². The standard InChI is InChI=1S/C15H14N4O2/c1-19-15(16)11(8-17-19)14(20)13-5-3-9-7-10(21-2)4-6-12(9)18-13/h3-8H,16H2,1-2H3. The number of pyridine rings is 1. The van der Waals surface area contributed by atoms with Crippen LogP contribution >= 0.6 is 0 Å². The monoisotopic (exact) mass is 282 g/mol. The first-order chi connectivity index (χ1) is 10.1. The molecule has 2 aromatic heterocycles. The van der Waals surface area contributed by atoms with Crippen LogP contribution in [0.4, 0.5) is 5.82 Å². The number of carbonyl (C=O) groups excluding carboxylic acids is 1. The highest BCUT2D eigenvalue weighted by molar-refractivity contribution is 6.11. The van der Waals surface area contributed by atoms with Crippen molar-refractivity contribution in [2.24, 2.45) is 7.05 Å². The smallest absolute Gasteiger partial charge is 0.216 e. The highest BCUT2D eigenvalue weighted by Gasteiger charge is 2.17. The fraction of sp³-hybridized carbons (Fsp3) is 0.133. The van der Waals surface area contributed by atoms with Crippen molar-refractivity contribution in [1.29, 1.82) is 0 Å². The third kappa shape index (κ3) is 2.20. The van der Waals surface area contributed by atoms with Crippen molar-refractivity contribution in [2.45, 2.75) is 0 Å². The van der Waals surface area contributed by atoms with Crippen LogP contribution in [-0.4, -0.2) is 27.7 Å². The number of ether oxygens (including phenoxy) is 1. The summed E-state index contributed by atoms with van der Waals surface area (Å²) in [6.07, 6.45) is 1.46. The van der Waals surface area contributed by atoms with E-state index in [9.17, 15) is 4.79 Å². The number of carbonyl (C=O) groups is 1. The second-order valence-corrected chi connectivity index (χ2v) is 4.65. The summed E-state index contributed by atoms with van der Waals surface area (Å²) in [6, 6.07) is 9.01. The maximum absolute atomic E-state index is 12.4. The van der Waals surface area contributed by atoms with E-state index in [1.54, 1.807) is 20.2 Å². The van der Waals surface area contributed by atoms with Crippen molar-refractivity contribution in [3.8, 4) is 5.75 Å². The van der Waals surface area contributed by atoms with E-state index in [-0.39, 0.29) is 5.78 Å². The van der Waals surface area contributed by atoms with Gasteiger partial charge in [0.15, 0.2) is 0 Å². The third-order valence-electron chi connectivity index (χ3n) is 3.36. The van der Waals surface area contributed by atoms with E-state index in [2.05, 4.69) is 10.1 Å². The molecule has 0 aliphatic rings. The number of ketones is 1. The number of benzene rings is 1. The van der Waals surface area contributed by atoms with Gasteiger partial charge in [-0.3, -0.25) is 9.48 Å². The number of hydrogen-bond donors (Lipinski definition) is 1. The van der Waals surface area contributed by atoms with Crippen LogP contribution in [0.15, 0.2) is 36.5 Å². The SMILES string of the molecule is COc1ccc2nc(C(=O)c3cnn(C)c3N)ccc2c1. The molecule has 21 heavy (non-hydrogen) atoms. The third-order valence-corrected chi connectivity index (χ3v) is 3.36. The molecule has 2 heterocycles. The number of rotatable bonds is 3. The molecule has 3 aromatic rings. The molecule has 0 fully saturated rings. The first-order valence-corrected chi connectivity index (χ1v) is 6.37. The second kappa shape index (κ2) is 4.90. The minimum Gasteiger partial charge on any atom is -0.497 e. The van der Waals surface area contributed by atoms with Crippen LogP contribution in [-0.2, 0) is 7.05 Å². The fourth-order valence-electron chi connectivity index (χ4n) is 2.12. The number of nitrogens with two attached hydrogens (primary N) is 1. The molecule has 0 unspecified atom stereocenters. The zero-order valence-electron chi connectivity index (χ0n) is 11.7. The van der Waals surface area contributed by atoms with Gasteiger partial charge in [-0.25, -0.2) is 4.98 Å². The Bertz CT molecular complexity index is 839. The lowest BCUT2D eigenvalue weighted by molar-refractivity contribution is 0.103. The molecule has 2 N–H and O–H groups in total. The Hall–Kier alpha value is -2.89. The number of anilines is 1. The summed E-state index contributed by atoms with van der Waals surface area (Å²) in [7, 11) is 3.30. The van der Waals surface area contributed by atoms with Crippen LogP contribution in [0.25, 0.3) is 10.9 Å². The molecular formula is C15H14N4O2. The van der Waals surface area contributed by atoms with Crippen molar-refractivity contribution >= 4 is 22.5 Å². The zero-order valence-corrected chi connectivity index (χ0v) is 11.7. The van der Waals surface area contributed by atoms with Gasteiger partial charge in [-0.1, -0.05) is 6.07 Å². The van der Waals surface area contributed by atoms with Crippen LogP contribution in [0.5, 0.6) is 5.75 Å². The van der Waals surface area contributed by atoms with Gasteiger partial charge >= 0.3 is 0 Å². The Balaban J connectivity index is 2.05. The number of methoxy groups -OCH3 is 1. The number of nitrogens with zero attached hydrogens (tertiary/aromatic N) is 3. The highest BCUT2D eigenvalue weighted by Crippen LogP contribution is 2.21. The second-order valence-electron chi connectivity index (χ2n) is 4.65. The van der Waals surface area contributed by atoms with E-state index in [0.29, 0.717) is 17.1 Å². The van der Waals surface area contributed by atoms with Gasteiger partial charge in [-0.2, -0.15) is 5.10 Å². The molecule has 0 radical (unpaired) electrons. The van der Waals surface area contributed by atoms with Crippen LogP contribution < -0.4 is 10.5 Å². The predicted molar refractivity (Wildman–Crippen MR) is 79.3 cm³/mol. The molecule has 0 aliphatic carbocycles. The quantitative estimate of drug-likeness (QED) is 0.740. The molecule has 0 amide bonds. The highest BCUT2D eigenvalue weighted by atomic mass is 16.5. The molecule has 106 valence electrons. The minimum atomic E-state index is -0.238. The van der Waals surface area contributed by atoms with Gasteiger partial charge < -0.3 is 10.5 Å². The average molecular weight is 282 g/mol. The summed E-state index contributed by atoms with van der Waals surface area (Å²) < 4.78 is 6.62. The molecule has 0 bridgehead atoms. The molecule has 0 spiro atoms. The van der Waals surface area contributed by atoms with E-state index in [1.807, 2.05) is 24.3 Å². The van der Waals surface area contributed by atoms with Gasteiger partial charge in [0.25, 0.3) is 0 Å². The number of aromatic nitrogens is 3. The largest absolute Gasteiger partial charge is 0.497 e. The van der Waals surface area contributed by atoms with Crippen LogP contribution in [0.2, 0.25) is 0 Å². The summed E-state index contributed by atoms with van der Waals surface area (Å²) in [5, 5.41) is 4.88. The Morgan fingerprint density at radius 2 is 2.10 bits per heavy atom. The number of fused-ring (bicyclic) bond motifs is 1. The fourth-order valence-corrected chi connectivity index (χ4v) is 2.12. The van der Waals surface area contributed by atoms with E-state index < -0.39 is 0 Å². The van der Waals surface area contributed by atoms with E-state index in [1.165, 1.54) is 10.9 Å². The van der Waals surface area contributed by atoms with E-state index in [4.69, 9.17) is 10.5 Å². The Kier molecular flexibility index (Phi) is 3.06. The Labute approximate surface area is 121 Å². The van der Waals surface area contributed by atoms with Gasteiger partial charge in [0.2, 0.25) is 5.78 Å². The summed E-state index contributed by atoms with van der Waals surface area (Å²) >= 11 is 0. The normalized spacial score (nSPS) is 10.8. The molecule has 6 heteroatoms. The molecule has 0 saturated heterocycles. The molecule has 6 nitrogen and oxygen atoms in total. The van der Waals surface area contributed by atoms with Crippen molar-refractivity contribution in [2.75, 3.05) is 12.8 Å². The Morgan fingerprint density at radius 3 is 2.76 bits per heavy atom. The molecule has 0 saturated carbocycles. The van der Waals surface area contributed by atoms with Crippen molar-refractivity contribution in [3.63, 3.8) is 0 Å². The molecule has 0 atom stereocenters. The first-order valence-electron chi connectivity index (χ1n) is 6.37. The molecule has 3 rings (SSSR count).